The van der Waals surface area contributed by atoms with Crippen molar-refractivity contribution >= 4 is 0 Å². The van der Waals surface area contributed by atoms with Gasteiger partial charge in [0.25, 0.3) is 0 Å². The van der Waals surface area contributed by atoms with Crippen molar-refractivity contribution in [2.45, 2.75) is 19.4 Å². The monoisotopic (exact) mass is 162 g/mol. The van der Waals surface area contributed by atoms with Gasteiger partial charge in [-0.25, -0.2) is 4.68 Å². The quantitative estimate of drug-likeness (QED) is 0.619. The summed E-state index contributed by atoms with van der Waals surface area (Å²) in [5.41, 5.74) is 0. The molecule has 0 aliphatic heterocycles. The Kier molecular flexibility index (Phi) is 1.58. The molecule has 1 fully saturated rings. The first kappa shape index (κ1) is 7.29. The second-order valence-corrected chi connectivity index (χ2v) is 3.32. The minimum absolute atomic E-state index is 0.117. The highest BCUT2D eigenvalue weighted by Gasteiger charge is 2.39. The Balaban J connectivity index is 2.14. The van der Waals surface area contributed by atoms with Gasteiger partial charge in [0.2, 0.25) is 0 Å². The van der Waals surface area contributed by atoms with Crippen LogP contribution in [0.5, 0.6) is 0 Å². The van der Waals surface area contributed by atoms with Crippen LogP contribution in [0.25, 0.3) is 0 Å². The lowest BCUT2D eigenvalue weighted by Gasteiger charge is -2.37. The molecular weight excluding hydrogens is 152 g/mol. The Hall–Kier alpha value is -1.37. The van der Waals surface area contributed by atoms with Gasteiger partial charge in [-0.2, -0.15) is 5.26 Å². The second-order valence-electron chi connectivity index (χ2n) is 3.32. The predicted octanol–water partition coefficient (Wildman–Crippen LogP) is 0.999. The fourth-order valence-electron chi connectivity index (χ4n) is 1.74. The molecule has 1 aromatic heterocycles. The van der Waals surface area contributed by atoms with E-state index in [0.29, 0.717) is 5.92 Å². The molecule has 0 aromatic carbocycles. The van der Waals surface area contributed by atoms with Crippen LogP contribution in [0.3, 0.4) is 0 Å². The summed E-state index contributed by atoms with van der Waals surface area (Å²) < 4.78 is 1.79. The van der Waals surface area contributed by atoms with Crippen LogP contribution >= 0.6 is 0 Å². The zero-order valence-electron chi connectivity index (χ0n) is 6.88. The highest BCUT2D eigenvalue weighted by atomic mass is 15.4. The zero-order valence-corrected chi connectivity index (χ0v) is 6.88. The molecule has 0 saturated heterocycles. The number of aromatic nitrogens is 3. The van der Waals surface area contributed by atoms with Gasteiger partial charge in [-0.1, -0.05) is 12.1 Å². The normalized spacial score (nSPS) is 33.8. The maximum absolute atomic E-state index is 8.81. The molecule has 0 spiro atoms. The van der Waals surface area contributed by atoms with Gasteiger partial charge in [0, 0.05) is 6.20 Å². The van der Waals surface area contributed by atoms with Gasteiger partial charge >= 0.3 is 0 Å². The van der Waals surface area contributed by atoms with Crippen LogP contribution in [0.1, 0.15) is 19.4 Å². The maximum atomic E-state index is 8.81. The molecular formula is C8H10N4. The molecule has 4 nitrogen and oxygen atoms in total. The molecule has 3 unspecified atom stereocenters. The summed E-state index contributed by atoms with van der Waals surface area (Å²) in [6, 6.07) is 2.56. The van der Waals surface area contributed by atoms with Gasteiger partial charge in [-0.3, -0.25) is 0 Å². The van der Waals surface area contributed by atoms with E-state index < -0.39 is 0 Å². The van der Waals surface area contributed by atoms with Crippen LogP contribution in [0.2, 0.25) is 0 Å². The van der Waals surface area contributed by atoms with Crippen molar-refractivity contribution in [3.63, 3.8) is 0 Å². The average Bonchev–Trinajstić information content (AvgIpc) is 2.52. The fourth-order valence-corrected chi connectivity index (χ4v) is 1.74. The SMILES string of the molecule is CC1CC(n2ccnn2)C1C#N. The Labute approximate surface area is 70.8 Å². The third kappa shape index (κ3) is 0.900. The minimum Gasteiger partial charge on any atom is -0.248 e. The first-order valence-electron chi connectivity index (χ1n) is 4.08. The minimum atomic E-state index is 0.117. The molecule has 1 aliphatic rings. The molecule has 0 N–H and O–H groups in total. The van der Waals surface area contributed by atoms with Crippen molar-refractivity contribution in [1.82, 2.24) is 15.0 Å². The summed E-state index contributed by atoms with van der Waals surface area (Å²) in [4.78, 5) is 0. The third-order valence-electron chi connectivity index (χ3n) is 2.57. The van der Waals surface area contributed by atoms with Gasteiger partial charge in [0.1, 0.15) is 0 Å². The molecule has 1 heterocycles. The van der Waals surface area contributed by atoms with Gasteiger partial charge in [0.15, 0.2) is 0 Å². The zero-order chi connectivity index (χ0) is 8.55. The molecule has 12 heavy (non-hydrogen) atoms. The van der Waals surface area contributed by atoms with Crippen LogP contribution in [-0.2, 0) is 0 Å². The van der Waals surface area contributed by atoms with E-state index in [4.69, 9.17) is 5.26 Å². The first-order valence-corrected chi connectivity index (χ1v) is 4.08. The van der Waals surface area contributed by atoms with Gasteiger partial charge in [-0.05, 0) is 12.3 Å². The highest BCUT2D eigenvalue weighted by Crippen LogP contribution is 2.42. The summed E-state index contributed by atoms with van der Waals surface area (Å²) in [5, 5.41) is 16.4. The molecule has 4 heteroatoms. The van der Waals surface area contributed by atoms with Gasteiger partial charge in [-0.15, -0.1) is 5.10 Å². The van der Waals surface area contributed by atoms with Crippen molar-refractivity contribution in [3.8, 4) is 6.07 Å². The van der Waals surface area contributed by atoms with Crippen molar-refractivity contribution in [1.29, 1.82) is 5.26 Å². The Morgan fingerprint density at radius 1 is 1.67 bits per heavy atom. The van der Waals surface area contributed by atoms with E-state index in [1.807, 2.05) is 6.20 Å². The number of rotatable bonds is 1. The van der Waals surface area contributed by atoms with Gasteiger partial charge in [0.05, 0.1) is 24.2 Å². The van der Waals surface area contributed by atoms with Crippen molar-refractivity contribution in [2.24, 2.45) is 11.8 Å². The Morgan fingerprint density at radius 3 is 3.00 bits per heavy atom. The molecule has 62 valence electrons. The van der Waals surface area contributed by atoms with Crippen LogP contribution in [0.4, 0.5) is 0 Å². The molecule has 1 aliphatic carbocycles. The Bertz CT molecular complexity index is 297. The van der Waals surface area contributed by atoms with Crippen LogP contribution in [0, 0.1) is 23.2 Å². The van der Waals surface area contributed by atoms with E-state index in [0.717, 1.165) is 6.42 Å². The summed E-state index contributed by atoms with van der Waals surface area (Å²) in [7, 11) is 0. The molecule has 1 saturated carbocycles. The van der Waals surface area contributed by atoms with E-state index in [2.05, 4.69) is 23.3 Å². The first-order chi connectivity index (χ1) is 5.83. The summed E-state index contributed by atoms with van der Waals surface area (Å²) in [6.07, 6.45) is 4.51. The van der Waals surface area contributed by atoms with E-state index in [9.17, 15) is 0 Å². The molecule has 0 radical (unpaired) electrons. The largest absolute Gasteiger partial charge is 0.248 e. The topological polar surface area (TPSA) is 54.5 Å². The summed E-state index contributed by atoms with van der Waals surface area (Å²) in [6.45, 7) is 2.10. The fraction of sp³-hybridized carbons (Fsp3) is 0.625. The second kappa shape index (κ2) is 2.59. The summed E-state index contributed by atoms with van der Waals surface area (Å²) in [5.74, 6) is 0.621. The van der Waals surface area contributed by atoms with Gasteiger partial charge < -0.3 is 0 Å². The van der Waals surface area contributed by atoms with Crippen molar-refractivity contribution < 1.29 is 0 Å². The lowest BCUT2D eigenvalue weighted by molar-refractivity contribution is 0.130. The van der Waals surface area contributed by atoms with Crippen LogP contribution in [-0.4, -0.2) is 15.0 Å². The van der Waals surface area contributed by atoms with Crippen molar-refractivity contribution in [3.05, 3.63) is 12.4 Å². The summed E-state index contributed by atoms with van der Waals surface area (Å²) >= 11 is 0. The number of hydrogen-bond acceptors (Lipinski definition) is 3. The lowest BCUT2D eigenvalue weighted by atomic mass is 9.71. The average molecular weight is 162 g/mol. The number of hydrogen-bond donors (Lipinski definition) is 0. The van der Waals surface area contributed by atoms with Crippen LogP contribution in [0.15, 0.2) is 12.4 Å². The third-order valence-corrected chi connectivity index (χ3v) is 2.57. The van der Waals surface area contributed by atoms with E-state index in [1.165, 1.54) is 0 Å². The predicted molar refractivity (Wildman–Crippen MR) is 41.9 cm³/mol. The molecule has 0 amide bonds. The molecule has 0 bridgehead atoms. The van der Waals surface area contributed by atoms with Crippen molar-refractivity contribution in [2.75, 3.05) is 0 Å². The lowest BCUT2D eigenvalue weighted by Crippen LogP contribution is -2.36. The highest BCUT2D eigenvalue weighted by molar-refractivity contribution is 5.02. The molecule has 2 rings (SSSR count). The van der Waals surface area contributed by atoms with E-state index >= 15 is 0 Å². The number of nitrogens with zero attached hydrogens (tertiary/aromatic N) is 4. The maximum Gasteiger partial charge on any atom is 0.0714 e. The van der Waals surface area contributed by atoms with Crippen LogP contribution < -0.4 is 0 Å². The smallest absolute Gasteiger partial charge is 0.0714 e. The van der Waals surface area contributed by atoms with E-state index in [1.54, 1.807) is 10.9 Å². The Morgan fingerprint density at radius 2 is 2.50 bits per heavy atom. The van der Waals surface area contributed by atoms with E-state index in [-0.39, 0.29) is 12.0 Å². The number of nitriles is 1. The standard InChI is InChI=1S/C8H10N4/c1-6-4-8(7(6)5-9)12-3-2-10-11-12/h2-3,6-8H,4H2,1H3. The molecule has 1 aromatic rings. The molecule has 3 atom stereocenters.